The predicted octanol–water partition coefficient (Wildman–Crippen LogP) is 5.69. The lowest BCUT2D eigenvalue weighted by atomic mass is 9.93. The molecule has 3 heterocycles. The number of halogens is 1. The van der Waals surface area contributed by atoms with Crippen LogP contribution in [0.3, 0.4) is 0 Å². The minimum absolute atomic E-state index is 0.218. The van der Waals surface area contributed by atoms with Gasteiger partial charge in [-0.2, -0.15) is 0 Å². The zero-order chi connectivity index (χ0) is 21.1. The molecule has 1 amide bonds. The van der Waals surface area contributed by atoms with Crippen molar-refractivity contribution in [2.75, 3.05) is 24.5 Å². The second-order valence-corrected chi connectivity index (χ2v) is 8.95. The van der Waals surface area contributed by atoms with E-state index in [4.69, 9.17) is 16.6 Å². The summed E-state index contributed by atoms with van der Waals surface area (Å²) < 4.78 is 0. The number of hydrogen-bond donors (Lipinski definition) is 1. The van der Waals surface area contributed by atoms with E-state index in [1.54, 1.807) is 5.51 Å². The molecular formula is C22H25ClN4O2S. The maximum Gasteiger partial charge on any atom is 0.407 e. The van der Waals surface area contributed by atoms with Gasteiger partial charge in [0, 0.05) is 35.4 Å². The maximum absolute atomic E-state index is 11.8. The highest BCUT2D eigenvalue weighted by Gasteiger charge is 2.25. The van der Waals surface area contributed by atoms with Gasteiger partial charge < -0.3 is 10.0 Å². The molecule has 1 saturated heterocycles. The van der Waals surface area contributed by atoms with Gasteiger partial charge >= 0.3 is 6.09 Å². The number of carboxylic acid groups (broad SMARTS) is 1. The van der Waals surface area contributed by atoms with E-state index in [0.29, 0.717) is 12.5 Å². The van der Waals surface area contributed by atoms with E-state index in [-0.39, 0.29) is 6.04 Å². The number of pyridine rings is 1. The monoisotopic (exact) mass is 444 g/mol. The van der Waals surface area contributed by atoms with Crippen LogP contribution in [0.5, 0.6) is 0 Å². The number of nitrogens with zero attached hydrogens (tertiary/aromatic N) is 4. The van der Waals surface area contributed by atoms with Gasteiger partial charge in [0.25, 0.3) is 0 Å². The normalized spacial score (nSPS) is 16.0. The highest BCUT2D eigenvalue weighted by atomic mass is 35.5. The number of rotatable bonds is 6. The fourth-order valence-electron chi connectivity index (χ4n) is 4.08. The Morgan fingerprint density at radius 1 is 1.33 bits per heavy atom. The second-order valence-electron chi connectivity index (χ2n) is 7.79. The number of piperidine rings is 1. The van der Waals surface area contributed by atoms with Crippen LogP contribution >= 0.6 is 22.9 Å². The lowest BCUT2D eigenvalue weighted by Gasteiger charge is -2.34. The van der Waals surface area contributed by atoms with Crippen LogP contribution in [0, 0.1) is 5.92 Å². The molecule has 1 N–H and O–H groups in total. The molecule has 4 rings (SSSR count). The summed E-state index contributed by atoms with van der Waals surface area (Å²) in [6.07, 6.45) is 2.07. The molecule has 0 saturated carbocycles. The Morgan fingerprint density at radius 3 is 2.83 bits per heavy atom. The number of carbonyl (C=O) groups is 1. The standard InChI is InChI=1S/C22H25ClN4O2S/c1-15(20-13-30-14-24-20)27(22(28)29)11-8-16-6-9-26(10-7-16)21-5-2-17-12-18(23)3-4-19(17)25-21/h2-5,12-16H,6-11H2,1H3,(H,28,29). The summed E-state index contributed by atoms with van der Waals surface area (Å²) in [4.78, 5) is 24.6. The van der Waals surface area contributed by atoms with E-state index >= 15 is 0 Å². The van der Waals surface area contributed by atoms with Gasteiger partial charge in [-0.05, 0) is 62.4 Å². The average Bonchev–Trinajstić information content (AvgIpc) is 3.28. The number of hydrogen-bond acceptors (Lipinski definition) is 5. The van der Waals surface area contributed by atoms with Gasteiger partial charge in [-0.3, -0.25) is 4.90 Å². The van der Waals surface area contributed by atoms with Crippen molar-refractivity contribution in [2.45, 2.75) is 32.2 Å². The number of amides is 1. The van der Waals surface area contributed by atoms with Crippen molar-refractivity contribution in [2.24, 2.45) is 5.92 Å². The first-order chi connectivity index (χ1) is 14.5. The van der Waals surface area contributed by atoms with E-state index in [1.165, 1.54) is 16.2 Å². The van der Waals surface area contributed by atoms with Crippen LogP contribution in [0.1, 0.15) is 37.9 Å². The van der Waals surface area contributed by atoms with E-state index in [9.17, 15) is 9.90 Å². The lowest BCUT2D eigenvalue weighted by molar-refractivity contribution is 0.122. The Balaban J connectivity index is 1.33. The zero-order valence-corrected chi connectivity index (χ0v) is 18.4. The van der Waals surface area contributed by atoms with Gasteiger partial charge in [-0.1, -0.05) is 11.6 Å². The molecule has 1 unspecified atom stereocenters. The molecule has 1 atom stereocenters. The molecule has 158 valence electrons. The van der Waals surface area contributed by atoms with Gasteiger partial charge in [0.05, 0.1) is 22.8 Å². The van der Waals surface area contributed by atoms with Crippen LogP contribution in [-0.4, -0.2) is 45.7 Å². The summed E-state index contributed by atoms with van der Waals surface area (Å²) in [5.74, 6) is 1.51. The molecule has 1 fully saturated rings. The molecule has 6 nitrogen and oxygen atoms in total. The topological polar surface area (TPSA) is 69.6 Å². The average molecular weight is 445 g/mol. The summed E-state index contributed by atoms with van der Waals surface area (Å²) >= 11 is 7.56. The molecule has 1 aliphatic heterocycles. The fourth-order valence-corrected chi connectivity index (χ4v) is 4.90. The predicted molar refractivity (Wildman–Crippen MR) is 122 cm³/mol. The number of aromatic nitrogens is 2. The van der Waals surface area contributed by atoms with Gasteiger partial charge in [0.15, 0.2) is 0 Å². The minimum atomic E-state index is -0.881. The van der Waals surface area contributed by atoms with Crippen molar-refractivity contribution in [1.29, 1.82) is 0 Å². The van der Waals surface area contributed by atoms with Crippen molar-refractivity contribution < 1.29 is 9.90 Å². The third-order valence-electron chi connectivity index (χ3n) is 5.95. The minimum Gasteiger partial charge on any atom is -0.465 e. The molecule has 1 aromatic carbocycles. The molecule has 0 radical (unpaired) electrons. The van der Waals surface area contributed by atoms with E-state index in [2.05, 4.69) is 22.0 Å². The molecule has 2 aromatic heterocycles. The second kappa shape index (κ2) is 9.18. The molecule has 1 aliphatic rings. The van der Waals surface area contributed by atoms with Crippen molar-refractivity contribution in [3.05, 3.63) is 51.9 Å². The first-order valence-corrected chi connectivity index (χ1v) is 11.5. The highest BCUT2D eigenvalue weighted by molar-refractivity contribution is 7.07. The SMILES string of the molecule is CC(c1cscn1)N(CCC1CCN(c2ccc3cc(Cl)ccc3n2)CC1)C(=O)O. The van der Waals surface area contributed by atoms with Crippen molar-refractivity contribution in [3.8, 4) is 0 Å². The van der Waals surface area contributed by atoms with Crippen LogP contribution in [-0.2, 0) is 0 Å². The Labute approximate surface area is 185 Å². The molecule has 3 aromatic rings. The van der Waals surface area contributed by atoms with Crippen LogP contribution in [0.4, 0.5) is 10.6 Å². The number of thiazole rings is 1. The quantitative estimate of drug-likeness (QED) is 0.528. The zero-order valence-electron chi connectivity index (χ0n) is 16.9. The fraction of sp³-hybridized carbons (Fsp3) is 0.409. The smallest absolute Gasteiger partial charge is 0.407 e. The number of anilines is 1. The molecular weight excluding hydrogens is 420 g/mol. The molecule has 8 heteroatoms. The molecule has 30 heavy (non-hydrogen) atoms. The van der Waals surface area contributed by atoms with Crippen molar-refractivity contribution in [3.63, 3.8) is 0 Å². The van der Waals surface area contributed by atoms with E-state index < -0.39 is 6.09 Å². The maximum atomic E-state index is 11.8. The highest BCUT2D eigenvalue weighted by Crippen LogP contribution is 2.28. The Hall–Kier alpha value is -2.38. The van der Waals surface area contributed by atoms with Gasteiger partial charge in [0.2, 0.25) is 0 Å². The van der Waals surface area contributed by atoms with Crippen molar-refractivity contribution in [1.82, 2.24) is 14.9 Å². The summed E-state index contributed by atoms with van der Waals surface area (Å²) in [5.41, 5.74) is 3.52. The van der Waals surface area contributed by atoms with Crippen LogP contribution in [0.15, 0.2) is 41.2 Å². The Morgan fingerprint density at radius 2 is 2.13 bits per heavy atom. The van der Waals surface area contributed by atoms with Gasteiger partial charge in [-0.15, -0.1) is 11.3 Å². The lowest BCUT2D eigenvalue weighted by Crippen LogP contribution is -2.37. The summed E-state index contributed by atoms with van der Waals surface area (Å²) in [6.45, 7) is 4.31. The van der Waals surface area contributed by atoms with Crippen LogP contribution in [0.2, 0.25) is 5.02 Å². The number of benzene rings is 1. The summed E-state index contributed by atoms with van der Waals surface area (Å²) in [5, 5.41) is 13.3. The first-order valence-electron chi connectivity index (χ1n) is 10.2. The molecule has 0 aliphatic carbocycles. The number of fused-ring (bicyclic) bond motifs is 1. The van der Waals surface area contributed by atoms with Crippen LogP contribution in [0.25, 0.3) is 10.9 Å². The molecule has 0 bridgehead atoms. The first kappa shape index (κ1) is 20.9. The van der Waals surface area contributed by atoms with Gasteiger partial charge in [-0.25, -0.2) is 14.8 Å². The van der Waals surface area contributed by atoms with E-state index in [1.807, 2.05) is 30.5 Å². The van der Waals surface area contributed by atoms with Gasteiger partial charge in [0.1, 0.15) is 5.82 Å². The molecule has 0 spiro atoms. The third kappa shape index (κ3) is 4.68. The Kier molecular flexibility index (Phi) is 6.39. The van der Waals surface area contributed by atoms with E-state index in [0.717, 1.165) is 59.8 Å². The summed E-state index contributed by atoms with van der Waals surface area (Å²) in [7, 11) is 0. The summed E-state index contributed by atoms with van der Waals surface area (Å²) in [6, 6.07) is 9.66. The Bertz CT molecular complexity index is 1010. The third-order valence-corrected chi connectivity index (χ3v) is 6.79. The van der Waals surface area contributed by atoms with Crippen LogP contribution < -0.4 is 4.90 Å². The largest absolute Gasteiger partial charge is 0.465 e. The van der Waals surface area contributed by atoms with Crippen molar-refractivity contribution >= 4 is 45.8 Å².